The maximum atomic E-state index is 14.5. The second-order valence-electron chi connectivity index (χ2n) is 7.64. The first-order chi connectivity index (χ1) is 11.1. The minimum atomic E-state index is -0.920. The Morgan fingerprint density at radius 1 is 1.46 bits per heavy atom. The Morgan fingerprint density at radius 3 is 2.62 bits per heavy atom. The molecule has 1 amide bonds. The van der Waals surface area contributed by atoms with Crippen molar-refractivity contribution in [1.29, 1.82) is 5.26 Å². The zero-order valence-electron chi connectivity index (χ0n) is 15.0. The zero-order valence-corrected chi connectivity index (χ0v) is 15.0. The van der Waals surface area contributed by atoms with Gasteiger partial charge in [-0.05, 0) is 51.7 Å². The van der Waals surface area contributed by atoms with Gasteiger partial charge in [0.1, 0.15) is 11.4 Å². The van der Waals surface area contributed by atoms with Gasteiger partial charge in [-0.3, -0.25) is 0 Å². The lowest BCUT2D eigenvalue weighted by atomic mass is 9.67. The predicted molar refractivity (Wildman–Crippen MR) is 90.0 cm³/mol. The van der Waals surface area contributed by atoms with E-state index in [9.17, 15) is 14.4 Å². The summed E-state index contributed by atoms with van der Waals surface area (Å²) in [5.74, 6) is -0.546. The van der Waals surface area contributed by atoms with Crippen LogP contribution in [-0.4, -0.2) is 29.7 Å². The highest BCUT2D eigenvalue weighted by Gasteiger charge is 2.45. The van der Waals surface area contributed by atoms with Gasteiger partial charge in [-0.25, -0.2) is 9.18 Å². The number of carbonyl (C=O) groups is 1. The van der Waals surface area contributed by atoms with E-state index in [1.54, 1.807) is 11.0 Å². The number of aryl methyl sites for hydroxylation is 1. The van der Waals surface area contributed by atoms with Gasteiger partial charge in [0.05, 0.1) is 11.5 Å². The van der Waals surface area contributed by atoms with Gasteiger partial charge >= 0.3 is 6.09 Å². The zero-order chi connectivity index (χ0) is 18.1. The lowest BCUT2D eigenvalue weighted by Gasteiger charge is -2.42. The SMILES string of the molecule is Cc1ccc([C@@]2(C#N)CCN(C(=O)OC(C)(C)C)C[C@@H]2C)c(F)c1. The van der Waals surface area contributed by atoms with Crippen LogP contribution in [0.5, 0.6) is 0 Å². The van der Waals surface area contributed by atoms with Crippen LogP contribution in [0.1, 0.15) is 45.2 Å². The summed E-state index contributed by atoms with van der Waals surface area (Å²) < 4.78 is 19.9. The average molecular weight is 332 g/mol. The number of amides is 1. The summed E-state index contributed by atoms with van der Waals surface area (Å²) in [6, 6.07) is 7.32. The standard InChI is InChI=1S/C19H25FN2O2/c1-13-6-7-15(16(20)10-13)19(12-21)8-9-22(11-14(19)2)17(23)24-18(3,4)5/h6-7,10,14H,8-9,11H2,1-5H3/t14-,19+/m0/s1. The molecular weight excluding hydrogens is 307 g/mol. The van der Waals surface area contributed by atoms with E-state index >= 15 is 0 Å². The second kappa shape index (κ2) is 6.43. The van der Waals surface area contributed by atoms with Crippen molar-refractivity contribution >= 4 is 6.09 Å². The van der Waals surface area contributed by atoms with Gasteiger partial charge in [0.25, 0.3) is 0 Å². The van der Waals surface area contributed by atoms with Crippen molar-refractivity contribution < 1.29 is 13.9 Å². The van der Waals surface area contributed by atoms with Crippen LogP contribution in [0.15, 0.2) is 18.2 Å². The third-order valence-electron chi connectivity index (χ3n) is 4.57. The van der Waals surface area contributed by atoms with Gasteiger partial charge < -0.3 is 9.64 Å². The number of rotatable bonds is 1. The van der Waals surface area contributed by atoms with E-state index in [0.717, 1.165) is 5.56 Å². The van der Waals surface area contributed by atoms with E-state index in [1.165, 1.54) is 6.07 Å². The van der Waals surface area contributed by atoms with Crippen molar-refractivity contribution in [3.63, 3.8) is 0 Å². The van der Waals surface area contributed by atoms with Gasteiger partial charge in [0.2, 0.25) is 0 Å². The van der Waals surface area contributed by atoms with Crippen LogP contribution in [0.3, 0.4) is 0 Å². The Hall–Kier alpha value is -2.09. The number of carbonyl (C=O) groups excluding carboxylic acids is 1. The highest BCUT2D eigenvalue weighted by molar-refractivity contribution is 5.68. The fourth-order valence-corrected chi connectivity index (χ4v) is 3.24. The van der Waals surface area contributed by atoms with Crippen molar-refractivity contribution in [3.05, 3.63) is 35.1 Å². The third-order valence-corrected chi connectivity index (χ3v) is 4.57. The van der Waals surface area contributed by atoms with Gasteiger partial charge in [-0.15, -0.1) is 0 Å². The fraction of sp³-hybridized carbons (Fsp3) is 0.579. The molecule has 2 rings (SSSR count). The number of likely N-dealkylation sites (tertiary alicyclic amines) is 1. The summed E-state index contributed by atoms with van der Waals surface area (Å²) in [5.41, 5.74) is -0.237. The van der Waals surface area contributed by atoms with Crippen LogP contribution < -0.4 is 0 Å². The minimum Gasteiger partial charge on any atom is -0.444 e. The molecule has 4 nitrogen and oxygen atoms in total. The lowest BCUT2D eigenvalue weighted by molar-refractivity contribution is 0.0117. The summed E-state index contributed by atoms with van der Waals surface area (Å²) in [6.45, 7) is 9.91. The van der Waals surface area contributed by atoms with Gasteiger partial charge in [-0.2, -0.15) is 5.26 Å². The largest absolute Gasteiger partial charge is 0.444 e. The first-order valence-electron chi connectivity index (χ1n) is 8.25. The number of ether oxygens (including phenoxy) is 1. The predicted octanol–water partition coefficient (Wildman–Crippen LogP) is 4.17. The maximum Gasteiger partial charge on any atom is 0.410 e. The van der Waals surface area contributed by atoms with Crippen molar-refractivity contribution in [2.45, 2.75) is 52.1 Å². The summed E-state index contributed by atoms with van der Waals surface area (Å²) in [6.07, 6.45) is 0.00874. The van der Waals surface area contributed by atoms with Crippen LogP contribution in [0.4, 0.5) is 9.18 Å². The Labute approximate surface area is 143 Å². The first-order valence-corrected chi connectivity index (χ1v) is 8.25. The lowest BCUT2D eigenvalue weighted by Crippen LogP contribution is -2.51. The Balaban J connectivity index is 2.25. The van der Waals surface area contributed by atoms with Crippen molar-refractivity contribution in [1.82, 2.24) is 4.90 Å². The number of benzene rings is 1. The summed E-state index contributed by atoms with van der Waals surface area (Å²) in [5, 5.41) is 9.82. The smallest absolute Gasteiger partial charge is 0.410 e. The molecule has 1 saturated heterocycles. The number of hydrogen-bond acceptors (Lipinski definition) is 3. The third kappa shape index (κ3) is 3.53. The van der Waals surface area contributed by atoms with E-state index in [0.29, 0.717) is 25.1 Å². The molecule has 130 valence electrons. The first kappa shape index (κ1) is 18.3. The Bertz CT molecular complexity index is 675. The van der Waals surface area contributed by atoms with E-state index in [2.05, 4.69) is 6.07 Å². The molecule has 0 bridgehead atoms. The molecule has 1 aromatic carbocycles. The summed E-state index contributed by atoms with van der Waals surface area (Å²) in [4.78, 5) is 13.9. The molecule has 1 aliphatic heterocycles. The summed E-state index contributed by atoms with van der Waals surface area (Å²) in [7, 11) is 0. The molecule has 0 unspecified atom stereocenters. The molecule has 5 heteroatoms. The van der Waals surface area contributed by atoms with E-state index in [4.69, 9.17) is 4.74 Å². The molecule has 0 N–H and O–H groups in total. The molecule has 0 spiro atoms. The summed E-state index contributed by atoms with van der Waals surface area (Å²) >= 11 is 0. The normalized spacial score (nSPS) is 24.4. The minimum absolute atomic E-state index is 0.194. The molecule has 1 aliphatic rings. The molecule has 2 atom stereocenters. The number of nitriles is 1. The number of halogens is 1. The second-order valence-corrected chi connectivity index (χ2v) is 7.64. The van der Waals surface area contributed by atoms with Crippen LogP contribution in [0.25, 0.3) is 0 Å². The maximum absolute atomic E-state index is 14.5. The monoisotopic (exact) mass is 332 g/mol. The van der Waals surface area contributed by atoms with Gasteiger partial charge in [0.15, 0.2) is 0 Å². The molecule has 0 aliphatic carbocycles. The van der Waals surface area contributed by atoms with Gasteiger partial charge in [0, 0.05) is 18.7 Å². The Morgan fingerprint density at radius 2 is 2.12 bits per heavy atom. The number of nitrogens with zero attached hydrogens (tertiary/aromatic N) is 2. The van der Waals surface area contributed by atoms with Crippen molar-refractivity contribution in [3.8, 4) is 6.07 Å². The number of hydrogen-bond donors (Lipinski definition) is 0. The molecular formula is C19H25FN2O2. The van der Waals surface area contributed by atoms with E-state index < -0.39 is 11.0 Å². The van der Waals surface area contributed by atoms with Crippen LogP contribution in [0.2, 0.25) is 0 Å². The van der Waals surface area contributed by atoms with Crippen molar-refractivity contribution in [2.24, 2.45) is 5.92 Å². The topological polar surface area (TPSA) is 53.3 Å². The Kier molecular flexibility index (Phi) is 4.89. The molecule has 1 aromatic rings. The van der Waals surface area contributed by atoms with E-state index in [1.807, 2.05) is 40.7 Å². The quantitative estimate of drug-likeness (QED) is 0.775. The molecule has 1 fully saturated rings. The van der Waals surface area contributed by atoms with Crippen LogP contribution in [0, 0.1) is 30.0 Å². The molecule has 24 heavy (non-hydrogen) atoms. The van der Waals surface area contributed by atoms with E-state index in [-0.39, 0.29) is 17.8 Å². The molecule has 0 aromatic heterocycles. The highest BCUT2D eigenvalue weighted by Crippen LogP contribution is 2.40. The van der Waals surface area contributed by atoms with Crippen LogP contribution in [-0.2, 0) is 10.2 Å². The average Bonchev–Trinajstić information content (AvgIpc) is 2.46. The van der Waals surface area contributed by atoms with Gasteiger partial charge in [-0.1, -0.05) is 19.1 Å². The molecule has 1 heterocycles. The van der Waals surface area contributed by atoms with Crippen LogP contribution >= 0.6 is 0 Å². The highest BCUT2D eigenvalue weighted by atomic mass is 19.1. The number of piperidine rings is 1. The molecule has 0 radical (unpaired) electrons. The van der Waals surface area contributed by atoms with Crippen molar-refractivity contribution in [2.75, 3.05) is 13.1 Å². The molecule has 0 saturated carbocycles. The fourth-order valence-electron chi connectivity index (χ4n) is 3.24.